The number of nitrogens with one attached hydrogen (secondary N) is 1. The van der Waals surface area contributed by atoms with Crippen LogP contribution in [0.25, 0.3) is 0 Å². The lowest BCUT2D eigenvalue weighted by atomic mass is 9.94. The Morgan fingerprint density at radius 1 is 1.24 bits per heavy atom. The molecule has 1 aromatic heterocycles. The van der Waals surface area contributed by atoms with E-state index in [2.05, 4.69) is 43.3 Å². The van der Waals surface area contributed by atoms with Crippen LogP contribution in [-0.4, -0.2) is 24.1 Å². The predicted molar refractivity (Wildman–Crippen MR) is 90.9 cm³/mol. The Kier molecular flexibility index (Phi) is 6.50. The average molecular weight is 289 g/mol. The first-order valence-corrected chi connectivity index (χ1v) is 8.69. The average Bonchev–Trinajstić information content (AvgIpc) is 2.51. The van der Waals surface area contributed by atoms with Crippen LogP contribution in [0.4, 0.5) is 5.82 Å². The Hall–Kier alpha value is -1.09. The van der Waals surface area contributed by atoms with E-state index < -0.39 is 0 Å². The largest absolute Gasteiger partial charge is 0.354 e. The summed E-state index contributed by atoms with van der Waals surface area (Å²) in [5, 5.41) is 3.45. The fourth-order valence-corrected chi connectivity index (χ4v) is 3.41. The Morgan fingerprint density at radius 2 is 2.00 bits per heavy atom. The topological polar surface area (TPSA) is 28.2 Å². The monoisotopic (exact) mass is 289 g/mol. The number of hydrogen-bond donors (Lipinski definition) is 1. The van der Waals surface area contributed by atoms with Crippen molar-refractivity contribution in [2.45, 2.75) is 71.9 Å². The van der Waals surface area contributed by atoms with Crippen LogP contribution in [-0.2, 0) is 6.54 Å². The van der Waals surface area contributed by atoms with Crippen LogP contribution < -0.4 is 10.2 Å². The minimum Gasteiger partial charge on any atom is -0.354 e. The molecular weight excluding hydrogens is 258 g/mol. The summed E-state index contributed by atoms with van der Waals surface area (Å²) in [5.74, 6) is 1.20. The normalized spacial score (nSPS) is 16.1. The van der Waals surface area contributed by atoms with Crippen LogP contribution in [0.3, 0.4) is 0 Å². The van der Waals surface area contributed by atoms with Crippen molar-refractivity contribution in [2.75, 3.05) is 18.0 Å². The summed E-state index contributed by atoms with van der Waals surface area (Å²) >= 11 is 0. The summed E-state index contributed by atoms with van der Waals surface area (Å²) < 4.78 is 0. The van der Waals surface area contributed by atoms with Gasteiger partial charge in [0, 0.05) is 25.3 Å². The van der Waals surface area contributed by atoms with E-state index in [1.165, 1.54) is 55.5 Å². The van der Waals surface area contributed by atoms with Gasteiger partial charge in [-0.05, 0) is 56.8 Å². The first kappa shape index (κ1) is 16.3. The minimum atomic E-state index is 0.694. The molecule has 0 spiro atoms. The lowest BCUT2D eigenvalue weighted by Gasteiger charge is -2.35. The smallest absolute Gasteiger partial charge is 0.131 e. The highest BCUT2D eigenvalue weighted by atomic mass is 15.2. The van der Waals surface area contributed by atoms with Crippen molar-refractivity contribution in [3.05, 3.63) is 23.4 Å². The van der Waals surface area contributed by atoms with Gasteiger partial charge < -0.3 is 10.2 Å². The summed E-state index contributed by atoms with van der Waals surface area (Å²) in [5.41, 5.74) is 2.61. The number of hydrogen-bond acceptors (Lipinski definition) is 3. The number of aryl methyl sites for hydroxylation is 1. The van der Waals surface area contributed by atoms with Crippen molar-refractivity contribution in [1.82, 2.24) is 10.3 Å². The summed E-state index contributed by atoms with van der Waals surface area (Å²) in [6, 6.07) is 3.00. The van der Waals surface area contributed by atoms with E-state index in [1.807, 2.05) is 0 Å². The number of rotatable bonds is 7. The van der Waals surface area contributed by atoms with Crippen molar-refractivity contribution >= 4 is 5.82 Å². The van der Waals surface area contributed by atoms with Gasteiger partial charge >= 0.3 is 0 Å². The zero-order valence-corrected chi connectivity index (χ0v) is 14.0. The standard InChI is InChI=1S/C18H31N3/c1-4-11-19-13-16-12-15(3)18(20-14-16)21(5-2)17-9-7-6-8-10-17/h12,14,17,19H,4-11,13H2,1-3H3. The molecule has 1 aromatic rings. The first-order chi connectivity index (χ1) is 10.3. The third-order valence-electron chi connectivity index (χ3n) is 4.49. The van der Waals surface area contributed by atoms with Gasteiger partial charge in [-0.15, -0.1) is 0 Å². The van der Waals surface area contributed by atoms with Gasteiger partial charge in [-0.2, -0.15) is 0 Å². The second kappa shape index (κ2) is 8.38. The molecule has 0 aromatic carbocycles. The Morgan fingerprint density at radius 3 is 2.62 bits per heavy atom. The second-order valence-electron chi connectivity index (χ2n) is 6.24. The lowest BCUT2D eigenvalue weighted by Crippen LogP contribution is -2.37. The highest BCUT2D eigenvalue weighted by molar-refractivity contribution is 5.48. The maximum atomic E-state index is 4.79. The molecule has 2 rings (SSSR count). The van der Waals surface area contributed by atoms with E-state index in [4.69, 9.17) is 4.98 Å². The molecule has 1 aliphatic carbocycles. The predicted octanol–water partition coefficient (Wildman–Crippen LogP) is 4.05. The summed E-state index contributed by atoms with van der Waals surface area (Å²) in [4.78, 5) is 7.31. The van der Waals surface area contributed by atoms with Gasteiger partial charge in [0.05, 0.1) is 0 Å². The van der Waals surface area contributed by atoms with Crippen LogP contribution >= 0.6 is 0 Å². The van der Waals surface area contributed by atoms with Gasteiger partial charge in [0.15, 0.2) is 0 Å². The molecule has 1 aliphatic rings. The van der Waals surface area contributed by atoms with Gasteiger partial charge in [-0.25, -0.2) is 4.98 Å². The molecule has 21 heavy (non-hydrogen) atoms. The van der Waals surface area contributed by atoms with Gasteiger partial charge in [0.2, 0.25) is 0 Å². The maximum Gasteiger partial charge on any atom is 0.131 e. The molecule has 0 aliphatic heterocycles. The summed E-state index contributed by atoms with van der Waals surface area (Å²) in [6.07, 6.45) is 10.0. The molecule has 0 atom stereocenters. The van der Waals surface area contributed by atoms with Gasteiger partial charge in [0.1, 0.15) is 5.82 Å². The fourth-order valence-electron chi connectivity index (χ4n) is 3.41. The highest BCUT2D eigenvalue weighted by Gasteiger charge is 2.22. The second-order valence-corrected chi connectivity index (χ2v) is 6.24. The molecular formula is C18H31N3. The van der Waals surface area contributed by atoms with E-state index >= 15 is 0 Å². The Bertz CT molecular complexity index is 424. The van der Waals surface area contributed by atoms with E-state index in [-0.39, 0.29) is 0 Å². The Labute approximate surface area is 130 Å². The molecule has 1 fully saturated rings. The van der Waals surface area contributed by atoms with Crippen molar-refractivity contribution in [2.24, 2.45) is 0 Å². The molecule has 1 saturated carbocycles. The number of nitrogens with zero attached hydrogens (tertiary/aromatic N) is 2. The van der Waals surface area contributed by atoms with Crippen LogP contribution in [0, 0.1) is 6.92 Å². The fraction of sp³-hybridized carbons (Fsp3) is 0.722. The molecule has 1 N–H and O–H groups in total. The maximum absolute atomic E-state index is 4.79. The molecule has 0 unspecified atom stereocenters. The van der Waals surface area contributed by atoms with E-state index in [0.717, 1.165) is 19.6 Å². The quantitative estimate of drug-likeness (QED) is 0.768. The first-order valence-electron chi connectivity index (χ1n) is 8.69. The molecule has 0 amide bonds. The number of pyridine rings is 1. The van der Waals surface area contributed by atoms with E-state index in [1.54, 1.807) is 0 Å². The number of aromatic nitrogens is 1. The highest BCUT2D eigenvalue weighted by Crippen LogP contribution is 2.28. The molecule has 3 nitrogen and oxygen atoms in total. The zero-order valence-electron chi connectivity index (χ0n) is 14.0. The van der Waals surface area contributed by atoms with Crippen molar-refractivity contribution in [3.8, 4) is 0 Å². The summed E-state index contributed by atoms with van der Waals surface area (Å²) in [7, 11) is 0. The van der Waals surface area contributed by atoms with Crippen molar-refractivity contribution in [1.29, 1.82) is 0 Å². The molecule has 1 heterocycles. The van der Waals surface area contributed by atoms with Crippen molar-refractivity contribution < 1.29 is 0 Å². The van der Waals surface area contributed by atoms with Crippen LogP contribution in [0.1, 0.15) is 63.5 Å². The molecule has 118 valence electrons. The molecule has 0 bridgehead atoms. The van der Waals surface area contributed by atoms with Gasteiger partial charge in [-0.1, -0.05) is 26.2 Å². The SMILES string of the molecule is CCCNCc1cnc(N(CC)C2CCCCC2)c(C)c1. The lowest BCUT2D eigenvalue weighted by molar-refractivity contribution is 0.416. The van der Waals surface area contributed by atoms with Crippen LogP contribution in [0.2, 0.25) is 0 Å². The minimum absolute atomic E-state index is 0.694. The molecule has 3 heteroatoms. The van der Waals surface area contributed by atoms with E-state index in [0.29, 0.717) is 6.04 Å². The Balaban J connectivity index is 2.06. The van der Waals surface area contributed by atoms with E-state index in [9.17, 15) is 0 Å². The number of anilines is 1. The van der Waals surface area contributed by atoms with Crippen LogP contribution in [0.15, 0.2) is 12.3 Å². The van der Waals surface area contributed by atoms with Gasteiger partial charge in [-0.3, -0.25) is 0 Å². The third kappa shape index (κ3) is 4.44. The molecule has 0 saturated heterocycles. The third-order valence-corrected chi connectivity index (χ3v) is 4.49. The zero-order chi connectivity index (χ0) is 15.1. The molecule has 0 radical (unpaired) electrons. The summed E-state index contributed by atoms with van der Waals surface area (Å²) in [6.45, 7) is 9.72. The van der Waals surface area contributed by atoms with Crippen molar-refractivity contribution in [3.63, 3.8) is 0 Å². The van der Waals surface area contributed by atoms with Gasteiger partial charge in [0.25, 0.3) is 0 Å². The van der Waals surface area contributed by atoms with Crippen LogP contribution in [0.5, 0.6) is 0 Å².